The number of nitrogens with zero attached hydrogens (tertiary/aromatic N) is 2. The quantitative estimate of drug-likeness (QED) is 0.526. The molecule has 6 heteroatoms. The fourth-order valence-corrected chi connectivity index (χ4v) is 4.98. The van der Waals surface area contributed by atoms with Crippen molar-refractivity contribution in [3.63, 3.8) is 0 Å². The highest BCUT2D eigenvalue weighted by Gasteiger charge is 2.28. The van der Waals surface area contributed by atoms with Gasteiger partial charge < -0.3 is 9.64 Å². The van der Waals surface area contributed by atoms with Gasteiger partial charge in [0.05, 0.1) is 16.8 Å². The molecule has 0 saturated carbocycles. The predicted octanol–water partition coefficient (Wildman–Crippen LogP) is 5.10. The van der Waals surface area contributed by atoms with Crippen LogP contribution < -0.4 is 4.74 Å². The van der Waals surface area contributed by atoms with Crippen molar-refractivity contribution in [2.24, 2.45) is 5.92 Å². The molecule has 0 spiro atoms. The second-order valence-electron chi connectivity index (χ2n) is 7.18. The first-order valence-corrected chi connectivity index (χ1v) is 10.8. The van der Waals surface area contributed by atoms with E-state index in [9.17, 15) is 4.79 Å². The summed E-state index contributed by atoms with van der Waals surface area (Å²) in [5, 5.41) is 1.21. The van der Waals surface area contributed by atoms with Gasteiger partial charge in [0.15, 0.2) is 10.8 Å². The Morgan fingerprint density at radius 2 is 1.96 bits per heavy atom. The molecule has 0 bridgehead atoms. The summed E-state index contributed by atoms with van der Waals surface area (Å²) in [7, 11) is 1.68. The van der Waals surface area contributed by atoms with Crippen LogP contribution in [0.2, 0.25) is 5.02 Å². The largest absolute Gasteiger partial charge is 0.497 e. The molecule has 0 amide bonds. The maximum Gasteiger partial charge on any atom is 0.194 e. The first-order valence-electron chi connectivity index (χ1n) is 9.58. The molecule has 0 unspecified atom stereocenters. The highest BCUT2D eigenvalue weighted by Crippen LogP contribution is 2.31. The Morgan fingerprint density at radius 3 is 2.64 bits per heavy atom. The van der Waals surface area contributed by atoms with Crippen LogP contribution >= 0.6 is 22.9 Å². The highest BCUT2D eigenvalue weighted by molar-refractivity contribution is 7.20. The number of benzene rings is 2. The van der Waals surface area contributed by atoms with Gasteiger partial charge in [0, 0.05) is 12.5 Å². The number of para-hydroxylation sites is 1. The molecule has 0 aliphatic carbocycles. The zero-order chi connectivity index (χ0) is 19.5. The van der Waals surface area contributed by atoms with Crippen LogP contribution in [0.4, 0.5) is 0 Å². The summed E-state index contributed by atoms with van der Waals surface area (Å²) in [5.74, 6) is 1.13. The van der Waals surface area contributed by atoms with Gasteiger partial charge in [-0.3, -0.25) is 4.79 Å². The Hall–Kier alpha value is -1.95. The lowest BCUT2D eigenvalue weighted by Gasteiger charge is -2.30. The average Bonchev–Trinajstić information content (AvgIpc) is 3.18. The molecule has 0 radical (unpaired) electrons. The van der Waals surface area contributed by atoms with Crippen LogP contribution in [-0.2, 0) is 6.42 Å². The summed E-state index contributed by atoms with van der Waals surface area (Å²) < 4.78 is 6.19. The first kappa shape index (κ1) is 19.4. The molecule has 1 aromatic heterocycles. The van der Waals surface area contributed by atoms with Crippen LogP contribution in [0.15, 0.2) is 42.5 Å². The second-order valence-corrected chi connectivity index (χ2v) is 8.62. The molecule has 4 rings (SSSR count). The number of ketones is 1. The van der Waals surface area contributed by atoms with Gasteiger partial charge in [0.2, 0.25) is 0 Å². The van der Waals surface area contributed by atoms with E-state index >= 15 is 0 Å². The average molecular weight is 415 g/mol. The van der Waals surface area contributed by atoms with Crippen LogP contribution in [-0.4, -0.2) is 42.4 Å². The van der Waals surface area contributed by atoms with Crippen molar-refractivity contribution in [1.82, 2.24) is 9.88 Å². The lowest BCUT2D eigenvalue weighted by molar-refractivity contribution is 0.0841. The van der Waals surface area contributed by atoms with Gasteiger partial charge in [0.1, 0.15) is 11.3 Å². The van der Waals surface area contributed by atoms with Gasteiger partial charge in [-0.1, -0.05) is 29.8 Å². The Kier molecular flexibility index (Phi) is 5.95. The lowest BCUT2D eigenvalue weighted by atomic mass is 9.92. The third kappa shape index (κ3) is 4.22. The summed E-state index contributed by atoms with van der Waals surface area (Å²) in [5.41, 5.74) is 2.06. The standard InChI is InChI=1S/C22H23ClN2O2S/c1-27-17-7-5-15(6-8-17)9-12-25-13-10-16(11-14-25)21(26)22-24-20-18(23)3-2-4-19(20)28-22/h2-8,16H,9-14H2,1H3. The topological polar surface area (TPSA) is 42.4 Å². The summed E-state index contributed by atoms with van der Waals surface area (Å²) in [6.07, 6.45) is 2.80. The van der Waals surface area contributed by atoms with Gasteiger partial charge in [0.25, 0.3) is 0 Å². The lowest BCUT2D eigenvalue weighted by Crippen LogP contribution is -2.37. The normalized spacial score (nSPS) is 15.8. The first-order chi connectivity index (χ1) is 13.6. The van der Waals surface area contributed by atoms with Gasteiger partial charge in [-0.25, -0.2) is 4.98 Å². The molecular weight excluding hydrogens is 392 g/mol. The number of methoxy groups -OCH3 is 1. The molecule has 1 aliphatic rings. The molecule has 3 aromatic rings. The van der Waals surface area contributed by atoms with E-state index in [0.29, 0.717) is 10.0 Å². The number of Topliss-reactive ketones (excluding diaryl/α,β-unsaturated/α-hetero) is 1. The molecule has 28 heavy (non-hydrogen) atoms. The third-order valence-corrected chi connectivity index (χ3v) is 6.75. The number of fused-ring (bicyclic) bond motifs is 1. The molecule has 0 atom stereocenters. The number of piperidine rings is 1. The minimum atomic E-state index is 0.0663. The van der Waals surface area contributed by atoms with Crippen molar-refractivity contribution >= 4 is 38.9 Å². The molecule has 4 nitrogen and oxygen atoms in total. The molecule has 0 N–H and O–H groups in total. The van der Waals surface area contributed by atoms with E-state index in [1.54, 1.807) is 7.11 Å². The highest BCUT2D eigenvalue weighted by atomic mass is 35.5. The number of carbonyl (C=O) groups is 1. The number of ether oxygens (including phenoxy) is 1. The van der Waals surface area contributed by atoms with Crippen molar-refractivity contribution < 1.29 is 9.53 Å². The minimum Gasteiger partial charge on any atom is -0.497 e. The smallest absolute Gasteiger partial charge is 0.194 e. The number of hydrogen-bond acceptors (Lipinski definition) is 5. The Labute approximate surface area is 174 Å². The number of rotatable bonds is 6. The molecular formula is C22H23ClN2O2S. The Morgan fingerprint density at radius 1 is 1.21 bits per heavy atom. The zero-order valence-electron chi connectivity index (χ0n) is 15.9. The molecule has 2 aromatic carbocycles. The predicted molar refractivity (Wildman–Crippen MR) is 115 cm³/mol. The minimum absolute atomic E-state index is 0.0663. The third-order valence-electron chi connectivity index (χ3n) is 5.41. The van der Waals surface area contributed by atoms with E-state index in [2.05, 4.69) is 22.0 Å². The molecule has 146 valence electrons. The van der Waals surface area contributed by atoms with Crippen LogP contribution in [0.5, 0.6) is 5.75 Å². The number of thiazole rings is 1. The summed E-state index contributed by atoms with van der Waals surface area (Å²) >= 11 is 7.66. The van der Waals surface area contributed by atoms with E-state index in [0.717, 1.165) is 54.9 Å². The van der Waals surface area contributed by atoms with Crippen molar-refractivity contribution in [3.8, 4) is 5.75 Å². The number of carbonyl (C=O) groups excluding carboxylic acids is 1. The van der Waals surface area contributed by atoms with Crippen molar-refractivity contribution in [3.05, 3.63) is 58.1 Å². The van der Waals surface area contributed by atoms with Crippen molar-refractivity contribution in [2.45, 2.75) is 19.3 Å². The van der Waals surface area contributed by atoms with Crippen LogP contribution in [0.1, 0.15) is 28.2 Å². The maximum absolute atomic E-state index is 12.9. The van der Waals surface area contributed by atoms with Crippen molar-refractivity contribution in [2.75, 3.05) is 26.7 Å². The van der Waals surface area contributed by atoms with E-state index < -0.39 is 0 Å². The Balaban J connectivity index is 1.31. The number of halogens is 1. The fraction of sp³-hybridized carbons (Fsp3) is 0.364. The molecule has 1 aliphatic heterocycles. The Bertz CT molecular complexity index is 962. The monoisotopic (exact) mass is 414 g/mol. The van der Waals surface area contributed by atoms with Crippen LogP contribution in [0.3, 0.4) is 0 Å². The van der Waals surface area contributed by atoms with E-state index in [1.807, 2.05) is 30.3 Å². The van der Waals surface area contributed by atoms with E-state index in [4.69, 9.17) is 16.3 Å². The maximum atomic E-state index is 12.9. The van der Waals surface area contributed by atoms with Crippen molar-refractivity contribution in [1.29, 1.82) is 0 Å². The summed E-state index contributed by atoms with van der Waals surface area (Å²) in [4.78, 5) is 19.9. The number of aromatic nitrogens is 1. The number of hydrogen-bond donors (Lipinski definition) is 0. The molecule has 1 fully saturated rings. The van der Waals surface area contributed by atoms with E-state index in [-0.39, 0.29) is 11.7 Å². The fourth-order valence-electron chi connectivity index (χ4n) is 3.69. The van der Waals surface area contributed by atoms with Gasteiger partial charge in [-0.05, 0) is 62.2 Å². The summed E-state index contributed by atoms with van der Waals surface area (Å²) in [6, 6.07) is 13.9. The van der Waals surface area contributed by atoms with Gasteiger partial charge >= 0.3 is 0 Å². The molecule has 1 saturated heterocycles. The van der Waals surface area contributed by atoms with Gasteiger partial charge in [-0.15, -0.1) is 11.3 Å². The SMILES string of the molecule is COc1ccc(CCN2CCC(C(=O)c3nc4c(Cl)cccc4s3)CC2)cc1. The summed E-state index contributed by atoms with van der Waals surface area (Å²) in [6.45, 7) is 2.93. The van der Waals surface area contributed by atoms with Crippen LogP contribution in [0, 0.1) is 5.92 Å². The van der Waals surface area contributed by atoms with E-state index in [1.165, 1.54) is 16.9 Å². The molecule has 2 heterocycles. The van der Waals surface area contributed by atoms with Gasteiger partial charge in [-0.2, -0.15) is 0 Å². The van der Waals surface area contributed by atoms with Crippen LogP contribution in [0.25, 0.3) is 10.2 Å². The number of likely N-dealkylation sites (tertiary alicyclic amines) is 1. The second kappa shape index (κ2) is 8.60. The zero-order valence-corrected chi connectivity index (χ0v) is 17.4.